The molecule has 8 heteroatoms. The zero-order chi connectivity index (χ0) is 16.4. The zero-order valence-electron chi connectivity index (χ0n) is 13.3. The highest BCUT2D eigenvalue weighted by Gasteiger charge is 2.36. The average molecular weight is 327 g/mol. The van der Waals surface area contributed by atoms with Crippen molar-refractivity contribution in [2.45, 2.75) is 37.9 Å². The van der Waals surface area contributed by atoms with E-state index >= 15 is 0 Å². The molecule has 3 atom stereocenters. The Bertz CT molecular complexity index is 701. The minimum atomic E-state index is 0.0193. The maximum absolute atomic E-state index is 12.5. The first-order chi connectivity index (χ1) is 11.8. The van der Waals surface area contributed by atoms with Gasteiger partial charge in [-0.15, -0.1) is 0 Å². The minimum Gasteiger partial charge on any atom is -0.309 e. The van der Waals surface area contributed by atoms with Crippen molar-refractivity contribution in [3.8, 4) is 0 Å². The van der Waals surface area contributed by atoms with Gasteiger partial charge in [0.1, 0.15) is 0 Å². The maximum Gasteiger partial charge on any atom is 0.228 e. The Kier molecular flexibility index (Phi) is 4.24. The smallest absolute Gasteiger partial charge is 0.228 e. The average Bonchev–Trinajstić information content (AvgIpc) is 3.24. The summed E-state index contributed by atoms with van der Waals surface area (Å²) in [6.07, 6.45) is 8.10. The van der Waals surface area contributed by atoms with Gasteiger partial charge >= 0.3 is 0 Å². The SMILES string of the molecule is O=C(Nc1ccn(Cc2ccncc2)n1)C1CCC2NNNC2C1. The van der Waals surface area contributed by atoms with Crippen LogP contribution in [-0.4, -0.2) is 32.8 Å². The summed E-state index contributed by atoms with van der Waals surface area (Å²) in [6, 6.07) is 6.46. The molecule has 0 bridgehead atoms. The number of anilines is 1. The molecule has 2 fully saturated rings. The summed E-state index contributed by atoms with van der Waals surface area (Å²) < 4.78 is 1.81. The first-order valence-electron chi connectivity index (χ1n) is 8.27. The van der Waals surface area contributed by atoms with Gasteiger partial charge in [0.15, 0.2) is 5.82 Å². The molecule has 1 aliphatic carbocycles. The molecule has 0 aromatic carbocycles. The number of aromatic nitrogens is 3. The van der Waals surface area contributed by atoms with Gasteiger partial charge in [-0.3, -0.25) is 14.5 Å². The van der Waals surface area contributed by atoms with E-state index < -0.39 is 0 Å². The van der Waals surface area contributed by atoms with Crippen LogP contribution < -0.4 is 21.7 Å². The van der Waals surface area contributed by atoms with Crippen LogP contribution in [0.1, 0.15) is 24.8 Å². The predicted octanol–water partition coefficient (Wildman–Crippen LogP) is 0.415. The van der Waals surface area contributed by atoms with Gasteiger partial charge < -0.3 is 5.32 Å². The number of carbonyl (C=O) groups is 1. The van der Waals surface area contributed by atoms with E-state index in [1.807, 2.05) is 29.1 Å². The first-order valence-corrected chi connectivity index (χ1v) is 8.27. The molecule has 1 saturated heterocycles. The van der Waals surface area contributed by atoms with Gasteiger partial charge in [-0.1, -0.05) is 0 Å². The van der Waals surface area contributed by atoms with Crippen LogP contribution in [0.5, 0.6) is 0 Å². The summed E-state index contributed by atoms with van der Waals surface area (Å²) in [5.74, 6) is 0.675. The number of fused-ring (bicyclic) bond motifs is 1. The molecular formula is C16H21N7O. The number of amides is 1. The van der Waals surface area contributed by atoms with Crippen molar-refractivity contribution >= 4 is 11.7 Å². The van der Waals surface area contributed by atoms with Gasteiger partial charge in [-0.2, -0.15) is 10.6 Å². The fourth-order valence-electron chi connectivity index (χ4n) is 3.39. The van der Waals surface area contributed by atoms with Crippen molar-refractivity contribution < 1.29 is 4.79 Å². The number of carbonyl (C=O) groups excluding carboxylic acids is 1. The summed E-state index contributed by atoms with van der Waals surface area (Å²) in [7, 11) is 0. The van der Waals surface area contributed by atoms with Crippen LogP contribution in [-0.2, 0) is 11.3 Å². The van der Waals surface area contributed by atoms with Gasteiger partial charge in [0.25, 0.3) is 0 Å². The third-order valence-electron chi connectivity index (χ3n) is 4.72. The van der Waals surface area contributed by atoms with Crippen molar-refractivity contribution in [2.24, 2.45) is 5.92 Å². The van der Waals surface area contributed by atoms with Crippen LogP contribution >= 0.6 is 0 Å². The number of hydrogen-bond acceptors (Lipinski definition) is 6. The van der Waals surface area contributed by atoms with E-state index in [2.05, 4.69) is 31.8 Å². The highest BCUT2D eigenvalue weighted by Crippen LogP contribution is 2.26. The number of nitrogens with zero attached hydrogens (tertiary/aromatic N) is 3. The maximum atomic E-state index is 12.5. The Morgan fingerprint density at radius 2 is 2.04 bits per heavy atom. The molecule has 0 spiro atoms. The molecule has 8 nitrogen and oxygen atoms in total. The highest BCUT2D eigenvalue weighted by molar-refractivity contribution is 5.91. The summed E-state index contributed by atoms with van der Waals surface area (Å²) in [5.41, 5.74) is 10.4. The number of rotatable bonds is 4. The monoisotopic (exact) mass is 327 g/mol. The number of hydrazine groups is 2. The van der Waals surface area contributed by atoms with Crippen molar-refractivity contribution in [1.82, 2.24) is 31.2 Å². The predicted molar refractivity (Wildman–Crippen MR) is 88.5 cm³/mol. The molecular weight excluding hydrogens is 306 g/mol. The van der Waals surface area contributed by atoms with Crippen LogP contribution in [0.15, 0.2) is 36.8 Å². The molecule has 0 radical (unpaired) electrons. The normalized spacial score (nSPS) is 26.1. The fourth-order valence-corrected chi connectivity index (χ4v) is 3.39. The summed E-state index contributed by atoms with van der Waals surface area (Å²) >= 11 is 0. The lowest BCUT2D eigenvalue weighted by Crippen LogP contribution is -2.42. The molecule has 3 heterocycles. The van der Waals surface area contributed by atoms with E-state index in [9.17, 15) is 4.79 Å². The molecule has 1 aliphatic heterocycles. The molecule has 3 unspecified atom stereocenters. The molecule has 2 aromatic rings. The van der Waals surface area contributed by atoms with E-state index in [1.54, 1.807) is 12.4 Å². The van der Waals surface area contributed by atoms with Crippen molar-refractivity contribution in [3.63, 3.8) is 0 Å². The van der Waals surface area contributed by atoms with Crippen LogP contribution in [0.3, 0.4) is 0 Å². The quantitative estimate of drug-likeness (QED) is 0.650. The lowest BCUT2D eigenvalue weighted by atomic mass is 9.82. The number of pyridine rings is 1. The summed E-state index contributed by atoms with van der Waals surface area (Å²) in [6.45, 7) is 0.660. The number of nitrogens with one attached hydrogen (secondary N) is 4. The lowest BCUT2D eigenvalue weighted by Gasteiger charge is -2.29. The Hall–Kier alpha value is -2.29. The van der Waals surface area contributed by atoms with Crippen molar-refractivity contribution in [1.29, 1.82) is 0 Å². The van der Waals surface area contributed by atoms with Crippen molar-refractivity contribution in [2.75, 3.05) is 5.32 Å². The third kappa shape index (κ3) is 3.30. The molecule has 1 amide bonds. The molecule has 4 N–H and O–H groups in total. The Balaban J connectivity index is 1.34. The molecule has 1 saturated carbocycles. The second kappa shape index (κ2) is 6.68. The summed E-state index contributed by atoms with van der Waals surface area (Å²) in [5, 5.41) is 7.38. The Morgan fingerprint density at radius 1 is 1.21 bits per heavy atom. The first kappa shape index (κ1) is 15.3. The van der Waals surface area contributed by atoms with E-state index in [1.165, 1.54) is 0 Å². The van der Waals surface area contributed by atoms with Gasteiger partial charge in [0.05, 0.1) is 6.54 Å². The van der Waals surface area contributed by atoms with E-state index in [0.717, 1.165) is 24.8 Å². The van der Waals surface area contributed by atoms with Gasteiger partial charge in [0, 0.05) is 42.7 Å². The van der Waals surface area contributed by atoms with Crippen LogP contribution in [0.2, 0.25) is 0 Å². The zero-order valence-corrected chi connectivity index (χ0v) is 13.3. The van der Waals surface area contributed by atoms with E-state index in [0.29, 0.717) is 24.4 Å². The van der Waals surface area contributed by atoms with Gasteiger partial charge in [-0.25, -0.2) is 10.9 Å². The minimum absolute atomic E-state index is 0.0193. The summed E-state index contributed by atoms with van der Waals surface area (Å²) in [4.78, 5) is 16.5. The van der Waals surface area contributed by atoms with E-state index in [4.69, 9.17) is 0 Å². The topological polar surface area (TPSA) is 95.9 Å². The van der Waals surface area contributed by atoms with Crippen molar-refractivity contribution in [3.05, 3.63) is 42.4 Å². The van der Waals surface area contributed by atoms with Crippen LogP contribution in [0, 0.1) is 5.92 Å². The molecule has 2 aliphatic rings. The fraction of sp³-hybridized carbons (Fsp3) is 0.438. The second-order valence-corrected chi connectivity index (χ2v) is 6.38. The third-order valence-corrected chi connectivity index (χ3v) is 4.72. The highest BCUT2D eigenvalue weighted by atomic mass is 16.2. The van der Waals surface area contributed by atoms with Gasteiger partial charge in [-0.05, 0) is 37.0 Å². The van der Waals surface area contributed by atoms with Crippen LogP contribution in [0.25, 0.3) is 0 Å². The largest absolute Gasteiger partial charge is 0.309 e. The molecule has 24 heavy (non-hydrogen) atoms. The number of hydrogen-bond donors (Lipinski definition) is 4. The molecule has 2 aromatic heterocycles. The molecule has 126 valence electrons. The Morgan fingerprint density at radius 3 is 2.92 bits per heavy atom. The second-order valence-electron chi connectivity index (χ2n) is 6.38. The van der Waals surface area contributed by atoms with E-state index in [-0.39, 0.29) is 11.8 Å². The Labute approximate surface area is 140 Å². The van der Waals surface area contributed by atoms with Crippen LogP contribution in [0.4, 0.5) is 5.82 Å². The standard InChI is InChI=1S/C16H21N7O/c24-16(12-1-2-13-14(9-12)20-22-19-13)18-15-5-8-23(21-15)10-11-3-6-17-7-4-11/h3-8,12-14,19-20,22H,1-2,9-10H2,(H,18,21,24). The molecule has 4 rings (SSSR count). The van der Waals surface area contributed by atoms with Gasteiger partial charge in [0.2, 0.25) is 5.91 Å². The lowest BCUT2D eigenvalue weighted by molar-refractivity contribution is -0.121.